The summed E-state index contributed by atoms with van der Waals surface area (Å²) in [5, 5.41) is 24.1. The monoisotopic (exact) mass is 254 g/mol. The molecule has 0 aliphatic heterocycles. The molecular formula is C12H23BN2O3. The standard InChI is InChI=1S/C12H23BN2O3/c1-9(2)15-8-10(7-14-15)13(17)18-12(5,6)11(3,4)16/h7-9,16-17H,1-6H3. The van der Waals surface area contributed by atoms with E-state index in [-0.39, 0.29) is 6.04 Å². The fourth-order valence-corrected chi connectivity index (χ4v) is 1.25. The molecule has 0 fully saturated rings. The van der Waals surface area contributed by atoms with Crippen molar-refractivity contribution in [2.75, 3.05) is 0 Å². The molecule has 0 aromatic carbocycles. The van der Waals surface area contributed by atoms with E-state index in [4.69, 9.17) is 4.65 Å². The van der Waals surface area contributed by atoms with Crippen molar-refractivity contribution in [1.29, 1.82) is 0 Å². The summed E-state index contributed by atoms with van der Waals surface area (Å²) >= 11 is 0. The maximum absolute atomic E-state index is 10.0. The van der Waals surface area contributed by atoms with E-state index in [9.17, 15) is 10.1 Å². The molecule has 1 rings (SSSR count). The molecule has 1 aromatic rings. The first-order valence-corrected chi connectivity index (χ1v) is 6.17. The van der Waals surface area contributed by atoms with Gasteiger partial charge in [-0.05, 0) is 41.5 Å². The van der Waals surface area contributed by atoms with Crippen LogP contribution in [0.15, 0.2) is 12.4 Å². The first kappa shape index (κ1) is 15.2. The molecule has 0 spiro atoms. The largest absolute Gasteiger partial charge is 0.494 e. The second-order valence-electron chi connectivity index (χ2n) is 5.89. The third-order valence-electron chi connectivity index (χ3n) is 3.32. The van der Waals surface area contributed by atoms with Gasteiger partial charge in [-0.15, -0.1) is 0 Å². The average Bonchev–Trinajstić information content (AvgIpc) is 2.63. The van der Waals surface area contributed by atoms with Crippen LogP contribution < -0.4 is 5.46 Å². The van der Waals surface area contributed by atoms with Gasteiger partial charge in [0.05, 0.1) is 11.2 Å². The Balaban J connectivity index is 2.79. The van der Waals surface area contributed by atoms with Crippen molar-refractivity contribution in [3.05, 3.63) is 12.4 Å². The van der Waals surface area contributed by atoms with E-state index in [0.29, 0.717) is 5.46 Å². The summed E-state index contributed by atoms with van der Waals surface area (Å²) in [6.07, 6.45) is 3.32. The van der Waals surface area contributed by atoms with Crippen LogP contribution >= 0.6 is 0 Å². The number of aromatic nitrogens is 2. The number of aliphatic hydroxyl groups is 1. The van der Waals surface area contributed by atoms with Gasteiger partial charge < -0.3 is 14.8 Å². The van der Waals surface area contributed by atoms with Crippen LogP contribution in [-0.4, -0.2) is 38.2 Å². The molecule has 5 nitrogen and oxygen atoms in total. The zero-order chi connectivity index (χ0) is 14.1. The Morgan fingerprint density at radius 2 is 1.89 bits per heavy atom. The zero-order valence-electron chi connectivity index (χ0n) is 12.0. The normalized spacial score (nSPS) is 13.2. The number of rotatable bonds is 5. The average molecular weight is 254 g/mol. The summed E-state index contributed by atoms with van der Waals surface area (Å²) in [4.78, 5) is 0. The second kappa shape index (κ2) is 5.03. The molecule has 0 aliphatic carbocycles. The van der Waals surface area contributed by atoms with Crippen LogP contribution in [0.25, 0.3) is 0 Å². The third-order valence-corrected chi connectivity index (χ3v) is 3.32. The first-order valence-electron chi connectivity index (χ1n) is 6.17. The maximum Gasteiger partial charge on any atom is 0.494 e. The molecule has 18 heavy (non-hydrogen) atoms. The fourth-order valence-electron chi connectivity index (χ4n) is 1.25. The molecule has 102 valence electrons. The molecule has 0 aliphatic rings. The minimum absolute atomic E-state index is 0.230. The van der Waals surface area contributed by atoms with Gasteiger partial charge in [-0.25, -0.2) is 0 Å². The SMILES string of the molecule is CC(C)n1cc(B(O)OC(C)(C)C(C)(C)O)cn1. The number of nitrogens with zero attached hydrogens (tertiary/aromatic N) is 2. The quantitative estimate of drug-likeness (QED) is 0.760. The summed E-state index contributed by atoms with van der Waals surface area (Å²) in [7, 11) is -1.10. The van der Waals surface area contributed by atoms with Gasteiger partial charge in [0, 0.05) is 23.9 Å². The van der Waals surface area contributed by atoms with Gasteiger partial charge in [0.15, 0.2) is 0 Å². The minimum atomic E-state index is -1.10. The van der Waals surface area contributed by atoms with Gasteiger partial charge in [-0.3, -0.25) is 4.68 Å². The molecule has 0 bridgehead atoms. The lowest BCUT2D eigenvalue weighted by atomic mass is 9.78. The third kappa shape index (κ3) is 3.34. The molecule has 6 heteroatoms. The zero-order valence-corrected chi connectivity index (χ0v) is 12.0. The van der Waals surface area contributed by atoms with E-state index in [1.54, 1.807) is 44.8 Å². The van der Waals surface area contributed by atoms with Crippen LogP contribution in [0.4, 0.5) is 0 Å². The lowest BCUT2D eigenvalue weighted by Gasteiger charge is -2.38. The van der Waals surface area contributed by atoms with Crippen LogP contribution in [0.2, 0.25) is 0 Å². The summed E-state index contributed by atoms with van der Waals surface area (Å²) in [6, 6.07) is 0.230. The van der Waals surface area contributed by atoms with Crippen molar-refractivity contribution in [3.63, 3.8) is 0 Å². The maximum atomic E-state index is 10.0. The second-order valence-corrected chi connectivity index (χ2v) is 5.89. The van der Waals surface area contributed by atoms with Crippen molar-refractivity contribution in [2.45, 2.75) is 58.8 Å². The Morgan fingerprint density at radius 3 is 2.28 bits per heavy atom. The van der Waals surface area contributed by atoms with Crippen molar-refractivity contribution in [2.24, 2.45) is 0 Å². The van der Waals surface area contributed by atoms with E-state index >= 15 is 0 Å². The van der Waals surface area contributed by atoms with Crippen LogP contribution in [0.5, 0.6) is 0 Å². The molecular weight excluding hydrogens is 231 g/mol. The molecule has 0 saturated heterocycles. The van der Waals surface area contributed by atoms with E-state index < -0.39 is 18.3 Å². The van der Waals surface area contributed by atoms with Gasteiger partial charge >= 0.3 is 7.12 Å². The Kier molecular flexibility index (Phi) is 4.25. The number of hydrogen-bond acceptors (Lipinski definition) is 4. The summed E-state index contributed by atoms with van der Waals surface area (Å²) in [5.74, 6) is 0. The topological polar surface area (TPSA) is 67.5 Å². The highest BCUT2D eigenvalue weighted by Crippen LogP contribution is 2.25. The highest BCUT2D eigenvalue weighted by Gasteiger charge is 2.39. The van der Waals surface area contributed by atoms with Crippen LogP contribution in [0.1, 0.15) is 47.6 Å². The van der Waals surface area contributed by atoms with Gasteiger partial charge in [0.25, 0.3) is 0 Å². The van der Waals surface area contributed by atoms with Crippen molar-refractivity contribution >= 4 is 12.6 Å². The molecule has 0 amide bonds. The van der Waals surface area contributed by atoms with E-state index in [1.807, 2.05) is 13.8 Å². The van der Waals surface area contributed by atoms with Crippen LogP contribution in [0, 0.1) is 0 Å². The lowest BCUT2D eigenvalue weighted by molar-refractivity contribution is -0.0982. The first-order chi connectivity index (χ1) is 8.04. The van der Waals surface area contributed by atoms with Crippen LogP contribution in [-0.2, 0) is 4.65 Å². The molecule has 1 aromatic heterocycles. The Bertz CT molecular complexity index is 396. The van der Waals surface area contributed by atoms with Crippen LogP contribution in [0.3, 0.4) is 0 Å². The Hall–Kier alpha value is -0.845. The molecule has 1 heterocycles. The van der Waals surface area contributed by atoms with Gasteiger partial charge in [0.2, 0.25) is 0 Å². The van der Waals surface area contributed by atoms with Gasteiger partial charge in [-0.2, -0.15) is 5.10 Å². The summed E-state index contributed by atoms with van der Waals surface area (Å²) < 4.78 is 7.28. The summed E-state index contributed by atoms with van der Waals surface area (Å²) in [6.45, 7) is 10.8. The summed E-state index contributed by atoms with van der Waals surface area (Å²) in [5.41, 5.74) is -1.34. The molecule has 0 unspecified atom stereocenters. The smallest absolute Gasteiger partial charge is 0.423 e. The minimum Gasteiger partial charge on any atom is -0.423 e. The van der Waals surface area contributed by atoms with Crippen molar-refractivity contribution in [3.8, 4) is 0 Å². The highest BCUT2D eigenvalue weighted by atomic mass is 16.5. The molecule has 0 atom stereocenters. The highest BCUT2D eigenvalue weighted by molar-refractivity contribution is 6.59. The van der Waals surface area contributed by atoms with Crippen molar-refractivity contribution < 1.29 is 14.8 Å². The lowest BCUT2D eigenvalue weighted by Crippen LogP contribution is -2.53. The van der Waals surface area contributed by atoms with Gasteiger partial charge in [0.1, 0.15) is 0 Å². The van der Waals surface area contributed by atoms with Crippen molar-refractivity contribution in [1.82, 2.24) is 9.78 Å². The van der Waals surface area contributed by atoms with E-state index in [1.165, 1.54) is 0 Å². The van der Waals surface area contributed by atoms with E-state index in [0.717, 1.165) is 0 Å². The van der Waals surface area contributed by atoms with Gasteiger partial charge in [-0.1, -0.05) is 0 Å². The van der Waals surface area contributed by atoms with E-state index in [2.05, 4.69) is 5.10 Å². The Labute approximate surface area is 109 Å². The predicted molar refractivity (Wildman–Crippen MR) is 71.7 cm³/mol. The molecule has 2 N–H and O–H groups in total. The molecule has 0 radical (unpaired) electrons. The number of hydrogen-bond donors (Lipinski definition) is 2. The predicted octanol–water partition coefficient (Wildman–Crippen LogP) is 0.718. The fraction of sp³-hybridized carbons (Fsp3) is 0.750. The molecule has 0 saturated carbocycles. The Morgan fingerprint density at radius 1 is 1.33 bits per heavy atom.